The van der Waals surface area contributed by atoms with E-state index in [1.165, 1.54) is 0 Å². The van der Waals surface area contributed by atoms with Crippen molar-refractivity contribution in [3.05, 3.63) is 48.0 Å². The molecule has 130 valence electrons. The molecular weight excluding hydrogens is 314 g/mol. The van der Waals surface area contributed by atoms with Crippen LogP contribution >= 0.6 is 0 Å². The van der Waals surface area contributed by atoms with E-state index in [4.69, 9.17) is 0 Å². The Morgan fingerprint density at radius 1 is 1.00 bits per heavy atom. The Labute approximate surface area is 147 Å². The maximum atomic E-state index is 4.40. The highest BCUT2D eigenvalue weighted by Gasteiger charge is 2.23. The number of fused-ring (bicyclic) bond motifs is 1. The van der Waals surface area contributed by atoms with Crippen molar-refractivity contribution in [2.24, 2.45) is 0 Å². The van der Waals surface area contributed by atoms with E-state index in [1.54, 1.807) is 0 Å². The van der Waals surface area contributed by atoms with Crippen LogP contribution in [0.1, 0.15) is 32.3 Å². The van der Waals surface area contributed by atoms with Crippen molar-refractivity contribution in [2.45, 2.75) is 45.9 Å². The quantitative estimate of drug-likeness (QED) is 0.734. The van der Waals surface area contributed by atoms with Crippen molar-refractivity contribution >= 4 is 0 Å². The second kappa shape index (κ2) is 6.07. The van der Waals surface area contributed by atoms with Crippen LogP contribution in [0.3, 0.4) is 0 Å². The Bertz CT molecular complexity index is 857. The van der Waals surface area contributed by atoms with Gasteiger partial charge in [-0.05, 0) is 20.8 Å². The average molecular weight is 337 g/mol. The van der Waals surface area contributed by atoms with E-state index >= 15 is 0 Å². The highest BCUT2D eigenvalue weighted by molar-refractivity contribution is 5.55. The smallest absolute Gasteiger partial charge is 0.164 e. The molecule has 1 aliphatic rings. The first-order valence-electron chi connectivity index (χ1n) is 8.62. The molecule has 0 fully saturated rings. The van der Waals surface area contributed by atoms with Crippen LogP contribution < -0.4 is 0 Å². The van der Waals surface area contributed by atoms with Gasteiger partial charge < -0.3 is 4.57 Å². The van der Waals surface area contributed by atoms with Gasteiger partial charge in [-0.3, -0.25) is 4.90 Å². The zero-order chi connectivity index (χ0) is 17.4. The third-order valence-electron chi connectivity index (χ3n) is 4.48. The standard InChI is InChI=1S/C18H23N7/c1-18(2,3)25-12-15(19-22-25)11-23-9-10-24-16(13-23)20-21-17(24)14-7-5-4-6-8-14/h4-8,12H,9-11,13H2,1-3H3. The van der Waals surface area contributed by atoms with Crippen LogP contribution in [-0.2, 0) is 25.2 Å². The minimum absolute atomic E-state index is 0.0437. The molecule has 0 amide bonds. The molecular formula is C18H23N7. The van der Waals surface area contributed by atoms with Gasteiger partial charge in [-0.25, -0.2) is 4.68 Å². The van der Waals surface area contributed by atoms with Gasteiger partial charge in [0, 0.05) is 25.2 Å². The van der Waals surface area contributed by atoms with Gasteiger partial charge in [0.05, 0.1) is 24.0 Å². The maximum absolute atomic E-state index is 4.40. The number of rotatable bonds is 3. The molecule has 0 aliphatic carbocycles. The van der Waals surface area contributed by atoms with Crippen molar-refractivity contribution < 1.29 is 0 Å². The molecule has 0 unspecified atom stereocenters. The van der Waals surface area contributed by atoms with Crippen molar-refractivity contribution in [3.63, 3.8) is 0 Å². The Hall–Kier alpha value is -2.54. The van der Waals surface area contributed by atoms with E-state index in [9.17, 15) is 0 Å². The molecule has 25 heavy (non-hydrogen) atoms. The summed E-state index contributed by atoms with van der Waals surface area (Å²) in [6.07, 6.45) is 2.04. The highest BCUT2D eigenvalue weighted by Crippen LogP contribution is 2.22. The summed E-state index contributed by atoms with van der Waals surface area (Å²) in [4.78, 5) is 2.34. The largest absolute Gasteiger partial charge is 0.309 e. The molecule has 0 radical (unpaired) electrons. The monoisotopic (exact) mass is 337 g/mol. The van der Waals surface area contributed by atoms with Crippen LogP contribution in [0.2, 0.25) is 0 Å². The normalized spacial score (nSPS) is 15.3. The Balaban J connectivity index is 1.49. The molecule has 0 bridgehead atoms. The number of hydrogen-bond acceptors (Lipinski definition) is 5. The van der Waals surface area contributed by atoms with Crippen molar-refractivity contribution in [2.75, 3.05) is 6.54 Å². The first-order valence-corrected chi connectivity index (χ1v) is 8.62. The molecule has 0 saturated heterocycles. The number of aromatic nitrogens is 6. The van der Waals surface area contributed by atoms with Gasteiger partial charge in [0.25, 0.3) is 0 Å². The average Bonchev–Trinajstić information content (AvgIpc) is 3.22. The van der Waals surface area contributed by atoms with Gasteiger partial charge in [-0.2, -0.15) is 0 Å². The molecule has 4 rings (SSSR count). The van der Waals surface area contributed by atoms with Crippen LogP contribution in [-0.4, -0.2) is 41.2 Å². The molecule has 1 aromatic carbocycles. The van der Waals surface area contributed by atoms with Gasteiger partial charge >= 0.3 is 0 Å². The lowest BCUT2D eigenvalue weighted by molar-refractivity contribution is 0.207. The summed E-state index contributed by atoms with van der Waals surface area (Å²) in [5, 5.41) is 17.4. The summed E-state index contributed by atoms with van der Waals surface area (Å²) < 4.78 is 4.14. The second-order valence-electron chi connectivity index (χ2n) is 7.49. The summed E-state index contributed by atoms with van der Waals surface area (Å²) in [5.41, 5.74) is 2.06. The molecule has 3 aromatic rings. The highest BCUT2D eigenvalue weighted by atomic mass is 15.4. The minimum atomic E-state index is -0.0437. The van der Waals surface area contributed by atoms with E-state index < -0.39 is 0 Å². The topological polar surface area (TPSA) is 64.7 Å². The molecule has 0 spiro atoms. The molecule has 3 heterocycles. The third kappa shape index (κ3) is 3.19. The van der Waals surface area contributed by atoms with Crippen molar-refractivity contribution in [1.82, 2.24) is 34.7 Å². The molecule has 2 aromatic heterocycles. The Morgan fingerprint density at radius 2 is 1.80 bits per heavy atom. The predicted octanol–water partition coefficient (Wildman–Crippen LogP) is 2.31. The first kappa shape index (κ1) is 16.0. The van der Waals surface area contributed by atoms with Crippen molar-refractivity contribution in [1.29, 1.82) is 0 Å². The summed E-state index contributed by atoms with van der Waals surface area (Å²) >= 11 is 0. The molecule has 7 heteroatoms. The fourth-order valence-electron chi connectivity index (χ4n) is 3.07. The van der Waals surface area contributed by atoms with Gasteiger partial charge in [0.1, 0.15) is 5.82 Å². The Morgan fingerprint density at radius 3 is 2.52 bits per heavy atom. The van der Waals surface area contributed by atoms with E-state index in [2.05, 4.69) is 62.9 Å². The van der Waals surface area contributed by atoms with Crippen LogP contribution in [0.15, 0.2) is 36.5 Å². The molecule has 0 N–H and O–H groups in total. The predicted molar refractivity (Wildman–Crippen MR) is 94.6 cm³/mol. The summed E-state index contributed by atoms with van der Waals surface area (Å²) in [5.74, 6) is 1.96. The van der Waals surface area contributed by atoms with Gasteiger partial charge in [0.2, 0.25) is 0 Å². The Kier molecular flexibility index (Phi) is 3.88. The van der Waals surface area contributed by atoms with Crippen LogP contribution in [0.4, 0.5) is 0 Å². The second-order valence-corrected chi connectivity index (χ2v) is 7.49. The maximum Gasteiger partial charge on any atom is 0.164 e. The number of benzene rings is 1. The van der Waals surface area contributed by atoms with Gasteiger partial charge in [-0.15, -0.1) is 15.3 Å². The fraction of sp³-hybridized carbons (Fsp3) is 0.444. The van der Waals surface area contributed by atoms with Crippen LogP contribution in [0.25, 0.3) is 11.4 Å². The van der Waals surface area contributed by atoms with Crippen LogP contribution in [0, 0.1) is 0 Å². The van der Waals surface area contributed by atoms with Gasteiger partial charge in [-0.1, -0.05) is 35.5 Å². The van der Waals surface area contributed by atoms with Gasteiger partial charge in [0.15, 0.2) is 5.82 Å². The van der Waals surface area contributed by atoms with E-state index in [0.717, 1.165) is 49.1 Å². The molecule has 7 nitrogen and oxygen atoms in total. The first-order chi connectivity index (χ1) is 12.0. The third-order valence-corrected chi connectivity index (χ3v) is 4.48. The zero-order valence-corrected chi connectivity index (χ0v) is 14.9. The summed E-state index contributed by atoms with van der Waals surface area (Å²) in [6, 6.07) is 10.2. The SMILES string of the molecule is CC(C)(C)n1cc(CN2CCn3c(nnc3-c3ccccc3)C2)nn1. The summed E-state index contributed by atoms with van der Waals surface area (Å²) in [7, 11) is 0. The molecule has 0 atom stereocenters. The lowest BCUT2D eigenvalue weighted by Crippen LogP contribution is -2.33. The van der Waals surface area contributed by atoms with E-state index in [0.29, 0.717) is 0 Å². The lowest BCUT2D eigenvalue weighted by Gasteiger charge is -2.26. The minimum Gasteiger partial charge on any atom is -0.309 e. The lowest BCUT2D eigenvalue weighted by atomic mass is 10.1. The molecule has 1 aliphatic heterocycles. The van der Waals surface area contributed by atoms with Crippen molar-refractivity contribution in [3.8, 4) is 11.4 Å². The fourth-order valence-corrected chi connectivity index (χ4v) is 3.07. The zero-order valence-electron chi connectivity index (χ0n) is 14.9. The van der Waals surface area contributed by atoms with Crippen LogP contribution in [0.5, 0.6) is 0 Å². The van der Waals surface area contributed by atoms with E-state index in [-0.39, 0.29) is 5.54 Å². The van der Waals surface area contributed by atoms with E-state index in [1.807, 2.05) is 29.1 Å². The summed E-state index contributed by atoms with van der Waals surface area (Å²) in [6.45, 7) is 9.78. The number of nitrogens with zero attached hydrogens (tertiary/aromatic N) is 7. The molecule has 0 saturated carbocycles. The number of hydrogen-bond donors (Lipinski definition) is 0.